The minimum absolute atomic E-state index is 0.692. The van der Waals surface area contributed by atoms with Crippen molar-refractivity contribution >= 4 is 12.2 Å². The number of aromatic nitrogens is 3. The van der Waals surface area contributed by atoms with Gasteiger partial charge in [-0.2, -0.15) is 0 Å². The molecule has 0 unspecified atom stereocenters. The van der Waals surface area contributed by atoms with Crippen LogP contribution >= 0.6 is 0 Å². The Morgan fingerprint density at radius 3 is 3.33 bits per heavy atom. The molecular formula is C5H5N4+. The van der Waals surface area contributed by atoms with Crippen molar-refractivity contribution in [2.24, 2.45) is 4.99 Å². The highest BCUT2D eigenvalue weighted by Crippen LogP contribution is 1.98. The van der Waals surface area contributed by atoms with Crippen LogP contribution in [0.25, 0.3) is 0 Å². The number of rotatable bonds is 0. The molecule has 1 aliphatic rings. The molecule has 0 bridgehead atoms. The predicted octanol–water partition coefficient (Wildman–Crippen LogP) is -0.520. The zero-order chi connectivity index (χ0) is 6.10. The summed E-state index contributed by atoms with van der Waals surface area (Å²) < 4.78 is 1.74. The summed E-state index contributed by atoms with van der Waals surface area (Å²) >= 11 is 0. The third-order valence-electron chi connectivity index (χ3n) is 1.15. The second kappa shape index (κ2) is 1.58. The van der Waals surface area contributed by atoms with E-state index in [1.165, 1.54) is 0 Å². The summed E-state index contributed by atoms with van der Waals surface area (Å²) in [5.74, 6) is 0.692. The number of fused-ring (bicyclic) bond motifs is 1. The van der Waals surface area contributed by atoms with Gasteiger partial charge in [0.25, 0.3) is 0 Å². The predicted molar refractivity (Wildman–Crippen MR) is 30.4 cm³/mol. The van der Waals surface area contributed by atoms with Crippen molar-refractivity contribution in [2.75, 3.05) is 0 Å². The molecule has 0 saturated heterocycles. The van der Waals surface area contributed by atoms with Crippen molar-refractivity contribution in [1.82, 2.24) is 10.1 Å². The molecule has 0 amide bonds. The second-order valence-electron chi connectivity index (χ2n) is 1.74. The van der Waals surface area contributed by atoms with E-state index >= 15 is 0 Å². The van der Waals surface area contributed by atoms with E-state index in [4.69, 9.17) is 0 Å². The van der Waals surface area contributed by atoms with Gasteiger partial charge in [0, 0.05) is 0 Å². The lowest BCUT2D eigenvalue weighted by Gasteiger charge is -1.84. The Morgan fingerprint density at radius 1 is 1.44 bits per heavy atom. The van der Waals surface area contributed by atoms with Crippen LogP contribution in [0.4, 0.5) is 5.95 Å². The molecule has 0 aliphatic carbocycles. The van der Waals surface area contributed by atoms with Crippen molar-refractivity contribution in [2.45, 2.75) is 6.54 Å². The summed E-state index contributed by atoms with van der Waals surface area (Å²) in [4.78, 5) is 7.93. The van der Waals surface area contributed by atoms with E-state index in [1.54, 1.807) is 23.3 Å². The monoisotopic (exact) mass is 121 g/mol. The number of nitrogens with zero attached hydrogens (tertiary/aromatic N) is 4. The van der Waals surface area contributed by atoms with Gasteiger partial charge in [-0.3, -0.25) is 0 Å². The van der Waals surface area contributed by atoms with Crippen LogP contribution in [-0.4, -0.2) is 16.3 Å². The Bertz CT molecular complexity index is 255. The smallest absolute Gasteiger partial charge is 0.130 e. The van der Waals surface area contributed by atoms with Gasteiger partial charge in [-0.1, -0.05) is 9.98 Å². The Hall–Kier alpha value is -1.32. The molecule has 0 spiro atoms. The Kier molecular flexibility index (Phi) is 0.798. The lowest BCUT2D eigenvalue weighted by molar-refractivity contribution is -0.725. The van der Waals surface area contributed by atoms with Crippen molar-refractivity contribution < 1.29 is 4.68 Å². The fraction of sp³-hybridized carbons (Fsp3) is 0.200. The standard InChI is InChI=1S/C5H5N4/c1-2-8-9-4-3-7-5(9)6-1/h1-3H,4H2/q+1. The van der Waals surface area contributed by atoms with Crippen molar-refractivity contribution in [3.63, 3.8) is 0 Å². The summed E-state index contributed by atoms with van der Waals surface area (Å²) in [5.41, 5.74) is 0. The van der Waals surface area contributed by atoms with Gasteiger partial charge in [0.2, 0.25) is 0 Å². The molecular weight excluding hydrogens is 116 g/mol. The minimum atomic E-state index is 0.692. The van der Waals surface area contributed by atoms with E-state index in [0.717, 1.165) is 6.54 Å². The molecule has 0 atom stereocenters. The highest BCUT2D eigenvalue weighted by molar-refractivity contribution is 5.60. The highest BCUT2D eigenvalue weighted by atomic mass is 15.4. The van der Waals surface area contributed by atoms with Crippen LogP contribution in [-0.2, 0) is 6.54 Å². The van der Waals surface area contributed by atoms with Gasteiger partial charge in [0.15, 0.2) is 0 Å². The highest BCUT2D eigenvalue weighted by Gasteiger charge is 2.14. The van der Waals surface area contributed by atoms with Crippen LogP contribution in [0.2, 0.25) is 0 Å². The molecule has 1 aromatic heterocycles. The van der Waals surface area contributed by atoms with Crippen LogP contribution in [0.1, 0.15) is 0 Å². The quantitative estimate of drug-likeness (QED) is 0.433. The van der Waals surface area contributed by atoms with E-state index < -0.39 is 0 Å². The van der Waals surface area contributed by atoms with Gasteiger partial charge < -0.3 is 0 Å². The van der Waals surface area contributed by atoms with Crippen LogP contribution in [0.3, 0.4) is 0 Å². The van der Waals surface area contributed by atoms with E-state index in [9.17, 15) is 0 Å². The topological polar surface area (TPSA) is 42.0 Å². The van der Waals surface area contributed by atoms with Crippen molar-refractivity contribution in [3.05, 3.63) is 12.4 Å². The fourth-order valence-corrected chi connectivity index (χ4v) is 0.757. The minimum Gasteiger partial charge on any atom is -0.130 e. The van der Waals surface area contributed by atoms with Crippen molar-refractivity contribution in [1.29, 1.82) is 0 Å². The van der Waals surface area contributed by atoms with Gasteiger partial charge in [-0.25, -0.2) is 0 Å². The number of hydrogen-bond donors (Lipinski definition) is 0. The zero-order valence-corrected chi connectivity index (χ0v) is 4.73. The first kappa shape index (κ1) is 4.55. The van der Waals surface area contributed by atoms with Crippen LogP contribution in [0, 0.1) is 0 Å². The summed E-state index contributed by atoms with van der Waals surface area (Å²) in [6, 6.07) is 0. The first-order chi connectivity index (χ1) is 4.47. The molecule has 4 nitrogen and oxygen atoms in total. The van der Waals surface area contributed by atoms with E-state index in [2.05, 4.69) is 15.1 Å². The average Bonchev–Trinajstić information content (AvgIpc) is 2.33. The maximum atomic E-state index is 3.99. The van der Waals surface area contributed by atoms with Gasteiger partial charge in [-0.05, 0) is 0 Å². The van der Waals surface area contributed by atoms with Gasteiger partial charge >= 0.3 is 5.95 Å². The summed E-state index contributed by atoms with van der Waals surface area (Å²) in [7, 11) is 0. The first-order valence-electron chi connectivity index (χ1n) is 2.70. The molecule has 0 saturated carbocycles. The van der Waals surface area contributed by atoms with Gasteiger partial charge in [0.1, 0.15) is 19.0 Å². The van der Waals surface area contributed by atoms with Gasteiger partial charge in [0.05, 0.1) is 6.20 Å². The zero-order valence-electron chi connectivity index (χ0n) is 4.73. The molecule has 2 rings (SSSR count). The van der Waals surface area contributed by atoms with E-state index in [1.807, 2.05) is 0 Å². The lowest BCUT2D eigenvalue weighted by Crippen LogP contribution is -2.35. The first-order valence-corrected chi connectivity index (χ1v) is 2.70. The third-order valence-corrected chi connectivity index (χ3v) is 1.15. The molecule has 2 heterocycles. The largest absolute Gasteiger partial charge is 0.452 e. The fourth-order valence-electron chi connectivity index (χ4n) is 0.757. The molecule has 1 aromatic rings. The van der Waals surface area contributed by atoms with Crippen LogP contribution < -0.4 is 4.68 Å². The Balaban J connectivity index is 2.63. The summed E-state index contributed by atoms with van der Waals surface area (Å²) in [6.45, 7) is 0.753. The number of aliphatic imine (C=N–C) groups is 1. The molecule has 0 radical (unpaired) electrons. The number of hydrogen-bond acceptors (Lipinski definition) is 3. The molecule has 1 aliphatic heterocycles. The van der Waals surface area contributed by atoms with E-state index in [0.29, 0.717) is 5.95 Å². The molecule has 0 N–H and O–H groups in total. The second-order valence-corrected chi connectivity index (χ2v) is 1.74. The molecule has 44 valence electrons. The normalized spacial score (nSPS) is 13.8. The summed E-state index contributed by atoms with van der Waals surface area (Å²) in [6.07, 6.45) is 5.07. The summed E-state index contributed by atoms with van der Waals surface area (Å²) in [5, 5.41) is 3.99. The maximum Gasteiger partial charge on any atom is 0.452 e. The average molecular weight is 121 g/mol. The molecule has 0 fully saturated rings. The van der Waals surface area contributed by atoms with Crippen molar-refractivity contribution in [3.8, 4) is 0 Å². The Morgan fingerprint density at radius 2 is 2.44 bits per heavy atom. The van der Waals surface area contributed by atoms with Gasteiger partial charge in [-0.15, -0.1) is 9.78 Å². The SMILES string of the molecule is C1=Nc2nccn[n+]2C1. The van der Waals surface area contributed by atoms with Crippen LogP contribution in [0.5, 0.6) is 0 Å². The Labute approximate surface area is 51.9 Å². The maximum absolute atomic E-state index is 3.99. The lowest BCUT2D eigenvalue weighted by atomic mass is 10.7. The molecule has 4 heteroatoms. The van der Waals surface area contributed by atoms with Crippen LogP contribution in [0.15, 0.2) is 17.4 Å². The molecule has 0 aromatic carbocycles. The van der Waals surface area contributed by atoms with E-state index in [-0.39, 0.29) is 0 Å². The molecule has 9 heavy (non-hydrogen) atoms. The third kappa shape index (κ3) is 0.595.